The fourth-order valence-corrected chi connectivity index (χ4v) is 1.77. The highest BCUT2D eigenvalue weighted by Crippen LogP contribution is 2.33. The zero-order valence-corrected chi connectivity index (χ0v) is 9.30. The lowest BCUT2D eigenvalue weighted by Gasteiger charge is -1.97. The molecule has 2 aromatic rings. The number of aromatic nitrogens is 2. The molecule has 0 spiro atoms. The van der Waals surface area contributed by atoms with Crippen LogP contribution >= 0.6 is 0 Å². The number of hydrogen-bond donors (Lipinski definition) is 1. The van der Waals surface area contributed by atoms with Crippen LogP contribution < -0.4 is 5.73 Å². The Morgan fingerprint density at radius 2 is 2.35 bits per heavy atom. The van der Waals surface area contributed by atoms with E-state index in [1.54, 1.807) is 23.1 Å². The van der Waals surface area contributed by atoms with Gasteiger partial charge in [-0.3, -0.25) is 9.48 Å². The van der Waals surface area contributed by atoms with Gasteiger partial charge < -0.3 is 10.2 Å². The van der Waals surface area contributed by atoms with Gasteiger partial charge in [0.2, 0.25) is 5.78 Å². The number of anilines is 1. The fraction of sp³-hybridized carbons (Fsp3) is 0.333. The maximum Gasteiger partial charge on any atom is 0.201 e. The lowest BCUT2D eigenvalue weighted by Crippen LogP contribution is -2.00. The Balaban J connectivity index is 1.73. The number of carbonyl (C=O) groups is 1. The van der Waals surface area contributed by atoms with Crippen molar-refractivity contribution in [3.63, 3.8) is 0 Å². The average Bonchev–Trinajstić information content (AvgIpc) is 2.93. The average molecular weight is 231 g/mol. The van der Waals surface area contributed by atoms with Crippen LogP contribution in [0.1, 0.15) is 29.2 Å². The fourth-order valence-electron chi connectivity index (χ4n) is 1.77. The number of ketones is 1. The molecule has 1 saturated carbocycles. The van der Waals surface area contributed by atoms with Crippen LogP contribution in [0.15, 0.2) is 28.9 Å². The van der Waals surface area contributed by atoms with E-state index in [4.69, 9.17) is 10.2 Å². The van der Waals surface area contributed by atoms with E-state index in [1.165, 1.54) is 0 Å². The molecule has 0 atom stereocenters. The molecule has 0 amide bonds. The first-order chi connectivity index (χ1) is 8.22. The molecule has 1 fully saturated rings. The van der Waals surface area contributed by atoms with Crippen molar-refractivity contribution in [2.45, 2.75) is 19.4 Å². The first kappa shape index (κ1) is 10.1. The van der Waals surface area contributed by atoms with Gasteiger partial charge in [-0.2, -0.15) is 5.10 Å². The number of nitrogens with zero attached hydrogens (tertiary/aromatic N) is 2. The second kappa shape index (κ2) is 3.76. The van der Waals surface area contributed by atoms with Crippen LogP contribution in [-0.4, -0.2) is 15.6 Å². The molecule has 2 aromatic heterocycles. The molecule has 0 bridgehead atoms. The summed E-state index contributed by atoms with van der Waals surface area (Å²) in [7, 11) is 0. The summed E-state index contributed by atoms with van der Waals surface area (Å²) in [6.45, 7) is 0.495. The summed E-state index contributed by atoms with van der Waals surface area (Å²) in [6.07, 6.45) is 5.29. The van der Waals surface area contributed by atoms with Crippen molar-refractivity contribution in [1.82, 2.24) is 9.78 Å². The number of carbonyl (C=O) groups excluding carboxylic acids is 1. The molecule has 0 aromatic carbocycles. The molecule has 0 radical (unpaired) electrons. The molecule has 0 saturated heterocycles. The summed E-state index contributed by atoms with van der Waals surface area (Å²) < 4.78 is 7.19. The standard InChI is InChI=1S/C12H13N3O2/c13-9-5-14-15(6-9)7-10-3-4-11(17-10)12(16)8-1-2-8/h3-6,8H,1-2,7,13H2. The summed E-state index contributed by atoms with van der Waals surface area (Å²) in [5.41, 5.74) is 6.18. The molecule has 88 valence electrons. The summed E-state index contributed by atoms with van der Waals surface area (Å²) in [5.74, 6) is 1.49. The van der Waals surface area contributed by atoms with Gasteiger partial charge in [-0.1, -0.05) is 0 Å². The molecule has 17 heavy (non-hydrogen) atoms. The van der Waals surface area contributed by atoms with Crippen LogP contribution in [0, 0.1) is 5.92 Å². The van der Waals surface area contributed by atoms with Gasteiger partial charge in [0, 0.05) is 12.1 Å². The zero-order valence-electron chi connectivity index (χ0n) is 9.30. The maximum atomic E-state index is 11.7. The Morgan fingerprint density at radius 3 is 3.00 bits per heavy atom. The van der Waals surface area contributed by atoms with Gasteiger partial charge in [0.25, 0.3) is 0 Å². The van der Waals surface area contributed by atoms with Crippen molar-refractivity contribution in [2.24, 2.45) is 5.92 Å². The second-order valence-electron chi connectivity index (χ2n) is 4.38. The van der Waals surface area contributed by atoms with Crippen molar-refractivity contribution >= 4 is 11.5 Å². The summed E-state index contributed by atoms with van der Waals surface area (Å²) in [4.78, 5) is 11.7. The zero-order chi connectivity index (χ0) is 11.8. The van der Waals surface area contributed by atoms with E-state index in [9.17, 15) is 4.79 Å². The summed E-state index contributed by atoms with van der Waals surface area (Å²) >= 11 is 0. The van der Waals surface area contributed by atoms with Crippen molar-refractivity contribution in [3.8, 4) is 0 Å². The highest BCUT2D eigenvalue weighted by atomic mass is 16.3. The largest absolute Gasteiger partial charge is 0.456 e. The number of rotatable bonds is 4. The van der Waals surface area contributed by atoms with Crippen LogP contribution in [-0.2, 0) is 6.54 Å². The summed E-state index contributed by atoms with van der Waals surface area (Å²) in [6, 6.07) is 3.55. The number of Topliss-reactive ketones (excluding diaryl/α,β-unsaturated/α-hetero) is 1. The lowest BCUT2D eigenvalue weighted by molar-refractivity contribution is 0.0938. The van der Waals surface area contributed by atoms with Gasteiger partial charge in [0.15, 0.2) is 5.76 Å². The minimum Gasteiger partial charge on any atom is -0.456 e. The van der Waals surface area contributed by atoms with E-state index in [2.05, 4.69) is 5.10 Å². The number of furan rings is 1. The van der Waals surface area contributed by atoms with Gasteiger partial charge in [-0.25, -0.2) is 0 Å². The van der Waals surface area contributed by atoms with Crippen LogP contribution in [0.2, 0.25) is 0 Å². The highest BCUT2D eigenvalue weighted by molar-refractivity contribution is 5.96. The monoisotopic (exact) mass is 231 g/mol. The Hall–Kier alpha value is -2.04. The Kier molecular flexibility index (Phi) is 2.24. The van der Waals surface area contributed by atoms with E-state index in [0.29, 0.717) is 18.0 Å². The van der Waals surface area contributed by atoms with Crippen molar-refractivity contribution in [2.75, 3.05) is 5.73 Å². The maximum absolute atomic E-state index is 11.7. The van der Waals surface area contributed by atoms with E-state index in [0.717, 1.165) is 18.6 Å². The smallest absolute Gasteiger partial charge is 0.201 e. The predicted molar refractivity (Wildman–Crippen MR) is 61.5 cm³/mol. The molecule has 5 heteroatoms. The quantitative estimate of drug-likeness (QED) is 0.813. The minimum atomic E-state index is 0.122. The third kappa shape index (κ3) is 2.08. The van der Waals surface area contributed by atoms with Gasteiger partial charge in [-0.05, 0) is 25.0 Å². The molecular weight excluding hydrogens is 218 g/mol. The lowest BCUT2D eigenvalue weighted by atomic mass is 10.2. The molecule has 0 unspecified atom stereocenters. The van der Waals surface area contributed by atoms with Crippen molar-refractivity contribution in [1.29, 1.82) is 0 Å². The molecule has 0 aliphatic heterocycles. The van der Waals surface area contributed by atoms with Crippen LogP contribution in [0.3, 0.4) is 0 Å². The normalized spacial score (nSPS) is 15.1. The molecular formula is C12H13N3O2. The molecule has 2 N–H and O–H groups in total. The number of nitrogen functional groups attached to an aromatic ring is 1. The van der Waals surface area contributed by atoms with E-state index < -0.39 is 0 Å². The van der Waals surface area contributed by atoms with Gasteiger partial charge in [-0.15, -0.1) is 0 Å². The topological polar surface area (TPSA) is 74.0 Å². The van der Waals surface area contributed by atoms with E-state index in [1.807, 2.05) is 6.07 Å². The Labute approximate surface area is 98.2 Å². The van der Waals surface area contributed by atoms with Crippen molar-refractivity contribution < 1.29 is 9.21 Å². The Bertz CT molecular complexity index is 552. The second-order valence-corrected chi connectivity index (χ2v) is 4.38. The van der Waals surface area contributed by atoms with E-state index in [-0.39, 0.29) is 11.7 Å². The van der Waals surface area contributed by atoms with E-state index >= 15 is 0 Å². The molecule has 1 aliphatic carbocycles. The third-order valence-electron chi connectivity index (χ3n) is 2.82. The van der Waals surface area contributed by atoms with Crippen LogP contribution in [0.25, 0.3) is 0 Å². The van der Waals surface area contributed by atoms with Crippen LogP contribution in [0.4, 0.5) is 5.69 Å². The highest BCUT2D eigenvalue weighted by Gasteiger charge is 2.32. The number of hydrogen-bond acceptors (Lipinski definition) is 4. The van der Waals surface area contributed by atoms with Crippen molar-refractivity contribution in [3.05, 3.63) is 36.0 Å². The SMILES string of the molecule is Nc1cnn(Cc2ccc(C(=O)C3CC3)o2)c1. The number of nitrogens with two attached hydrogens (primary N) is 1. The first-order valence-corrected chi connectivity index (χ1v) is 5.63. The van der Waals surface area contributed by atoms with Gasteiger partial charge in [0.1, 0.15) is 5.76 Å². The Morgan fingerprint density at radius 1 is 1.53 bits per heavy atom. The van der Waals surface area contributed by atoms with Crippen LogP contribution in [0.5, 0.6) is 0 Å². The molecule has 3 rings (SSSR count). The minimum absolute atomic E-state index is 0.122. The van der Waals surface area contributed by atoms with Gasteiger partial charge >= 0.3 is 0 Å². The van der Waals surface area contributed by atoms with Gasteiger partial charge in [0.05, 0.1) is 18.4 Å². The molecule has 1 aliphatic rings. The third-order valence-corrected chi connectivity index (χ3v) is 2.82. The molecule has 2 heterocycles. The first-order valence-electron chi connectivity index (χ1n) is 5.63. The predicted octanol–water partition coefficient (Wildman–Crippen LogP) is 1.70. The summed E-state index contributed by atoms with van der Waals surface area (Å²) in [5, 5.41) is 4.06. The molecule has 5 nitrogen and oxygen atoms in total.